The van der Waals surface area contributed by atoms with Gasteiger partial charge in [-0.15, -0.1) is 0 Å². The lowest BCUT2D eigenvalue weighted by molar-refractivity contribution is 0.313. The third-order valence-corrected chi connectivity index (χ3v) is 4.53. The van der Waals surface area contributed by atoms with Gasteiger partial charge in [-0.2, -0.15) is 0 Å². The van der Waals surface area contributed by atoms with Gasteiger partial charge >= 0.3 is 0 Å². The maximum absolute atomic E-state index is 4.82. The summed E-state index contributed by atoms with van der Waals surface area (Å²) >= 11 is 0. The first-order chi connectivity index (χ1) is 12.3. The van der Waals surface area contributed by atoms with Crippen LogP contribution in [0.2, 0.25) is 0 Å². The number of likely N-dealkylation sites (N-methyl/N-ethyl adjacent to an activating group) is 1. The van der Waals surface area contributed by atoms with Crippen molar-refractivity contribution < 1.29 is 0 Å². The molecule has 0 unspecified atom stereocenters. The zero-order valence-corrected chi connectivity index (χ0v) is 14.3. The predicted molar refractivity (Wildman–Crippen MR) is 100 cm³/mol. The largest absolute Gasteiger partial charge is 0.369 e. The summed E-state index contributed by atoms with van der Waals surface area (Å²) < 4.78 is 0. The molecule has 25 heavy (non-hydrogen) atoms. The fourth-order valence-corrected chi connectivity index (χ4v) is 3.05. The SMILES string of the molecule is CN1CCN(c2cc(-c3ccccn3)nc(-c3ccccn3)c2)CC1. The zero-order chi connectivity index (χ0) is 17.1. The van der Waals surface area contributed by atoms with Crippen LogP contribution in [0.1, 0.15) is 0 Å². The van der Waals surface area contributed by atoms with E-state index in [0.717, 1.165) is 49.0 Å². The summed E-state index contributed by atoms with van der Waals surface area (Å²) in [4.78, 5) is 18.5. The monoisotopic (exact) mass is 331 g/mol. The van der Waals surface area contributed by atoms with Crippen molar-refractivity contribution in [2.24, 2.45) is 0 Å². The molecule has 1 aliphatic rings. The molecule has 0 spiro atoms. The molecular formula is C20H21N5. The lowest BCUT2D eigenvalue weighted by Crippen LogP contribution is -2.44. The van der Waals surface area contributed by atoms with Crippen LogP contribution < -0.4 is 4.90 Å². The van der Waals surface area contributed by atoms with Gasteiger partial charge in [0.2, 0.25) is 0 Å². The Kier molecular flexibility index (Phi) is 4.39. The minimum atomic E-state index is 0.885. The first-order valence-electron chi connectivity index (χ1n) is 8.58. The van der Waals surface area contributed by atoms with Gasteiger partial charge in [-0.3, -0.25) is 9.97 Å². The van der Waals surface area contributed by atoms with Gasteiger partial charge in [0.25, 0.3) is 0 Å². The molecule has 3 aromatic rings. The molecule has 0 radical (unpaired) electrons. The van der Waals surface area contributed by atoms with E-state index in [1.807, 2.05) is 36.4 Å². The highest BCUT2D eigenvalue weighted by Crippen LogP contribution is 2.27. The van der Waals surface area contributed by atoms with Gasteiger partial charge in [0.05, 0.1) is 22.8 Å². The molecule has 0 aliphatic carbocycles. The standard InChI is InChI=1S/C20H21N5/c1-24-10-12-25(13-11-24)16-14-19(17-6-2-4-8-21-17)23-20(15-16)18-7-3-5-9-22-18/h2-9,14-15H,10-13H2,1H3. The van der Waals surface area contributed by atoms with Crippen LogP contribution in [0.4, 0.5) is 5.69 Å². The van der Waals surface area contributed by atoms with Gasteiger partial charge in [-0.05, 0) is 43.4 Å². The summed E-state index contributed by atoms with van der Waals surface area (Å²) in [5, 5.41) is 0. The first-order valence-corrected chi connectivity index (χ1v) is 8.58. The molecule has 1 fully saturated rings. The Bertz CT molecular complexity index is 769. The summed E-state index contributed by atoms with van der Waals surface area (Å²) in [6, 6.07) is 16.1. The van der Waals surface area contributed by atoms with Crippen LogP contribution in [0.3, 0.4) is 0 Å². The fraction of sp³-hybridized carbons (Fsp3) is 0.250. The van der Waals surface area contributed by atoms with Crippen molar-refractivity contribution >= 4 is 5.69 Å². The van der Waals surface area contributed by atoms with Crippen molar-refractivity contribution in [1.82, 2.24) is 19.9 Å². The second kappa shape index (κ2) is 6.99. The topological polar surface area (TPSA) is 45.2 Å². The van der Waals surface area contributed by atoms with Crippen molar-refractivity contribution in [2.75, 3.05) is 38.1 Å². The molecule has 4 rings (SSSR count). The molecule has 1 saturated heterocycles. The Balaban J connectivity index is 1.78. The minimum Gasteiger partial charge on any atom is -0.369 e. The van der Waals surface area contributed by atoms with Crippen LogP contribution in [-0.2, 0) is 0 Å². The molecule has 0 amide bonds. The Labute approximate surface area is 148 Å². The fourth-order valence-electron chi connectivity index (χ4n) is 3.05. The van der Waals surface area contributed by atoms with E-state index in [-0.39, 0.29) is 0 Å². The minimum absolute atomic E-state index is 0.885. The van der Waals surface area contributed by atoms with Crippen molar-refractivity contribution in [3.63, 3.8) is 0 Å². The maximum Gasteiger partial charge on any atom is 0.0914 e. The number of piperazine rings is 1. The predicted octanol–water partition coefficient (Wildman–Crippen LogP) is 2.96. The molecule has 3 aromatic heterocycles. The molecule has 4 heterocycles. The van der Waals surface area contributed by atoms with Gasteiger partial charge in [-0.1, -0.05) is 12.1 Å². The quantitative estimate of drug-likeness (QED) is 0.738. The average Bonchev–Trinajstić information content (AvgIpc) is 2.69. The molecule has 5 nitrogen and oxygen atoms in total. The van der Waals surface area contributed by atoms with Crippen LogP contribution in [-0.4, -0.2) is 53.1 Å². The normalized spacial score (nSPS) is 15.3. The van der Waals surface area contributed by atoms with Crippen molar-refractivity contribution in [1.29, 1.82) is 0 Å². The van der Waals surface area contributed by atoms with E-state index in [4.69, 9.17) is 4.98 Å². The highest BCUT2D eigenvalue weighted by Gasteiger charge is 2.17. The van der Waals surface area contributed by atoms with E-state index < -0.39 is 0 Å². The smallest absolute Gasteiger partial charge is 0.0914 e. The summed E-state index contributed by atoms with van der Waals surface area (Å²) in [7, 11) is 2.17. The van der Waals surface area contributed by atoms with Crippen LogP contribution in [0.15, 0.2) is 60.9 Å². The van der Waals surface area contributed by atoms with Gasteiger partial charge in [0, 0.05) is 44.3 Å². The molecular weight excluding hydrogens is 310 g/mol. The summed E-state index contributed by atoms with van der Waals surface area (Å²) in [6.45, 7) is 4.17. The van der Waals surface area contributed by atoms with Crippen molar-refractivity contribution in [2.45, 2.75) is 0 Å². The second-order valence-electron chi connectivity index (χ2n) is 6.32. The van der Waals surface area contributed by atoms with Gasteiger partial charge < -0.3 is 9.80 Å². The maximum atomic E-state index is 4.82. The number of hydrogen-bond donors (Lipinski definition) is 0. The van der Waals surface area contributed by atoms with Crippen molar-refractivity contribution in [3.05, 3.63) is 60.9 Å². The Morgan fingerprint density at radius 2 is 1.28 bits per heavy atom. The van der Waals surface area contributed by atoms with Gasteiger partial charge in [0.1, 0.15) is 0 Å². The molecule has 1 aliphatic heterocycles. The second-order valence-corrected chi connectivity index (χ2v) is 6.32. The first kappa shape index (κ1) is 15.7. The average molecular weight is 331 g/mol. The number of anilines is 1. The van der Waals surface area contributed by atoms with Crippen molar-refractivity contribution in [3.8, 4) is 22.8 Å². The number of pyridine rings is 3. The summed E-state index contributed by atoms with van der Waals surface area (Å²) in [6.07, 6.45) is 3.61. The third kappa shape index (κ3) is 3.51. The van der Waals surface area contributed by atoms with Crippen LogP contribution in [0, 0.1) is 0 Å². The summed E-state index contributed by atoms with van der Waals surface area (Å²) in [5.41, 5.74) is 4.73. The molecule has 0 saturated carbocycles. The molecule has 0 atom stereocenters. The number of rotatable bonds is 3. The highest BCUT2D eigenvalue weighted by atomic mass is 15.2. The van der Waals surface area contributed by atoms with E-state index in [2.05, 4.69) is 38.9 Å². The molecule has 5 heteroatoms. The zero-order valence-electron chi connectivity index (χ0n) is 14.3. The lowest BCUT2D eigenvalue weighted by Gasteiger charge is -2.34. The van der Waals surface area contributed by atoms with Crippen LogP contribution in [0.25, 0.3) is 22.8 Å². The van der Waals surface area contributed by atoms with E-state index in [1.54, 1.807) is 12.4 Å². The molecule has 0 N–H and O–H groups in total. The number of hydrogen-bond acceptors (Lipinski definition) is 5. The molecule has 0 bridgehead atoms. The van der Waals surface area contributed by atoms with E-state index >= 15 is 0 Å². The highest BCUT2D eigenvalue weighted by molar-refractivity contribution is 5.69. The lowest BCUT2D eigenvalue weighted by atomic mass is 10.1. The van der Waals surface area contributed by atoms with E-state index in [1.165, 1.54) is 5.69 Å². The van der Waals surface area contributed by atoms with Crippen LogP contribution >= 0.6 is 0 Å². The Morgan fingerprint density at radius 1 is 0.720 bits per heavy atom. The number of aromatic nitrogens is 3. The number of nitrogens with zero attached hydrogens (tertiary/aromatic N) is 5. The van der Waals surface area contributed by atoms with Gasteiger partial charge in [0.15, 0.2) is 0 Å². The third-order valence-electron chi connectivity index (χ3n) is 4.53. The molecule has 0 aromatic carbocycles. The van der Waals surface area contributed by atoms with Gasteiger partial charge in [-0.25, -0.2) is 4.98 Å². The van der Waals surface area contributed by atoms with Crippen LogP contribution in [0.5, 0.6) is 0 Å². The van der Waals surface area contributed by atoms with E-state index in [9.17, 15) is 0 Å². The molecule has 126 valence electrons. The summed E-state index contributed by atoms with van der Waals surface area (Å²) in [5.74, 6) is 0. The Hall–Kier alpha value is -2.79. The Morgan fingerprint density at radius 3 is 1.76 bits per heavy atom. The van der Waals surface area contributed by atoms with E-state index in [0.29, 0.717) is 0 Å².